The molecule has 0 amide bonds. The van der Waals surface area contributed by atoms with Crippen LogP contribution in [-0.4, -0.2) is 23.1 Å². The van der Waals surface area contributed by atoms with Crippen molar-refractivity contribution in [3.63, 3.8) is 0 Å². The minimum absolute atomic E-state index is 0.471. The van der Waals surface area contributed by atoms with E-state index < -0.39 is 0 Å². The molecule has 4 heteroatoms. The van der Waals surface area contributed by atoms with Crippen LogP contribution in [0.3, 0.4) is 0 Å². The Morgan fingerprint density at radius 1 is 1.21 bits per heavy atom. The zero-order valence-electron chi connectivity index (χ0n) is 10.5. The number of rotatable bonds is 2. The summed E-state index contributed by atoms with van der Waals surface area (Å²) in [5, 5.41) is 8.77. The molecule has 0 aromatic carbocycles. The van der Waals surface area contributed by atoms with Gasteiger partial charge in [-0.05, 0) is 30.7 Å². The fourth-order valence-corrected chi connectivity index (χ4v) is 2.47. The number of hydrogen-bond acceptors (Lipinski definition) is 4. The zero-order chi connectivity index (χ0) is 13.1. The number of pyridine rings is 2. The molecule has 1 fully saturated rings. The van der Waals surface area contributed by atoms with Crippen molar-refractivity contribution in [1.82, 2.24) is 9.97 Å². The lowest BCUT2D eigenvalue weighted by molar-refractivity contribution is 0.744. The Morgan fingerprint density at radius 2 is 2.16 bits per heavy atom. The van der Waals surface area contributed by atoms with Crippen molar-refractivity contribution in [3.8, 4) is 6.07 Å². The summed E-state index contributed by atoms with van der Waals surface area (Å²) in [7, 11) is 0. The first-order chi connectivity index (χ1) is 9.36. The predicted molar refractivity (Wildman–Crippen MR) is 72.8 cm³/mol. The highest BCUT2D eigenvalue weighted by Gasteiger charge is 2.25. The molecule has 0 radical (unpaired) electrons. The third-order valence-electron chi connectivity index (χ3n) is 3.50. The van der Waals surface area contributed by atoms with E-state index in [9.17, 15) is 0 Å². The molecule has 2 aromatic rings. The predicted octanol–water partition coefficient (Wildman–Crippen LogP) is 2.34. The summed E-state index contributed by atoms with van der Waals surface area (Å²) >= 11 is 0. The number of nitrogens with zero attached hydrogens (tertiary/aromatic N) is 4. The molecule has 0 saturated carbocycles. The third kappa shape index (κ3) is 2.41. The Balaban J connectivity index is 1.73. The number of nitriles is 1. The van der Waals surface area contributed by atoms with Crippen molar-refractivity contribution >= 4 is 5.82 Å². The molecule has 2 aromatic heterocycles. The third-order valence-corrected chi connectivity index (χ3v) is 3.50. The molecule has 4 nitrogen and oxygen atoms in total. The van der Waals surface area contributed by atoms with Gasteiger partial charge in [-0.15, -0.1) is 0 Å². The molecule has 0 bridgehead atoms. The molecule has 1 saturated heterocycles. The molecule has 1 unspecified atom stereocenters. The molecular formula is C15H14N4. The summed E-state index contributed by atoms with van der Waals surface area (Å²) in [6.45, 7) is 1.93. The van der Waals surface area contributed by atoms with Crippen LogP contribution in [0.1, 0.15) is 23.6 Å². The Kier molecular flexibility index (Phi) is 3.11. The van der Waals surface area contributed by atoms with E-state index in [1.54, 1.807) is 6.20 Å². The standard InChI is InChI=1S/C15H14N4/c16-9-12-4-5-15(18-10-12)19-8-6-13(11-19)14-3-1-2-7-17-14/h1-5,7,10,13H,6,8,11H2. The maximum absolute atomic E-state index is 8.77. The zero-order valence-corrected chi connectivity index (χ0v) is 10.5. The van der Waals surface area contributed by atoms with E-state index in [1.807, 2.05) is 30.5 Å². The van der Waals surface area contributed by atoms with E-state index in [0.717, 1.165) is 31.0 Å². The van der Waals surface area contributed by atoms with Gasteiger partial charge < -0.3 is 4.90 Å². The Bertz CT molecular complexity index is 586. The van der Waals surface area contributed by atoms with Gasteiger partial charge in [0.25, 0.3) is 0 Å². The van der Waals surface area contributed by atoms with Crippen LogP contribution in [0.25, 0.3) is 0 Å². The molecule has 3 rings (SSSR count). The van der Waals surface area contributed by atoms with Crippen LogP contribution < -0.4 is 4.90 Å². The molecule has 3 heterocycles. The summed E-state index contributed by atoms with van der Waals surface area (Å²) in [4.78, 5) is 11.0. The first-order valence-corrected chi connectivity index (χ1v) is 6.39. The molecule has 94 valence electrons. The lowest BCUT2D eigenvalue weighted by Crippen LogP contribution is -2.20. The van der Waals surface area contributed by atoms with E-state index in [0.29, 0.717) is 11.5 Å². The minimum atomic E-state index is 0.471. The molecule has 1 aliphatic rings. The largest absolute Gasteiger partial charge is 0.356 e. The first kappa shape index (κ1) is 11.7. The van der Waals surface area contributed by atoms with Crippen molar-refractivity contribution in [3.05, 3.63) is 54.0 Å². The maximum atomic E-state index is 8.77. The Labute approximate surface area is 112 Å². The van der Waals surface area contributed by atoms with Crippen molar-refractivity contribution in [2.45, 2.75) is 12.3 Å². The average molecular weight is 250 g/mol. The minimum Gasteiger partial charge on any atom is -0.356 e. The van der Waals surface area contributed by atoms with E-state index in [-0.39, 0.29) is 0 Å². The maximum Gasteiger partial charge on any atom is 0.128 e. The van der Waals surface area contributed by atoms with Crippen molar-refractivity contribution in [2.75, 3.05) is 18.0 Å². The summed E-state index contributed by atoms with van der Waals surface area (Å²) in [5.41, 5.74) is 1.75. The van der Waals surface area contributed by atoms with Crippen LogP contribution in [0.15, 0.2) is 42.7 Å². The van der Waals surface area contributed by atoms with Gasteiger partial charge in [0.15, 0.2) is 0 Å². The van der Waals surface area contributed by atoms with Gasteiger partial charge in [-0.2, -0.15) is 5.26 Å². The van der Waals surface area contributed by atoms with E-state index in [4.69, 9.17) is 5.26 Å². The fourth-order valence-electron chi connectivity index (χ4n) is 2.47. The highest BCUT2D eigenvalue weighted by Crippen LogP contribution is 2.28. The molecule has 1 aliphatic heterocycles. The molecular weight excluding hydrogens is 236 g/mol. The lowest BCUT2D eigenvalue weighted by atomic mass is 10.0. The number of anilines is 1. The van der Waals surface area contributed by atoms with E-state index in [2.05, 4.69) is 27.0 Å². The quantitative estimate of drug-likeness (QED) is 0.821. The van der Waals surface area contributed by atoms with E-state index >= 15 is 0 Å². The second-order valence-corrected chi connectivity index (χ2v) is 4.70. The van der Waals surface area contributed by atoms with Crippen LogP contribution in [0, 0.1) is 11.3 Å². The Morgan fingerprint density at radius 3 is 2.84 bits per heavy atom. The Hall–Kier alpha value is -2.41. The second kappa shape index (κ2) is 5.07. The van der Waals surface area contributed by atoms with Crippen LogP contribution in [-0.2, 0) is 0 Å². The SMILES string of the molecule is N#Cc1ccc(N2CCC(c3ccccn3)C2)nc1. The molecule has 0 spiro atoms. The summed E-state index contributed by atoms with van der Waals surface area (Å²) in [6.07, 6.45) is 4.57. The van der Waals surface area contributed by atoms with Crippen molar-refractivity contribution < 1.29 is 0 Å². The highest BCUT2D eigenvalue weighted by atomic mass is 15.2. The summed E-state index contributed by atoms with van der Waals surface area (Å²) in [6, 6.07) is 11.9. The van der Waals surface area contributed by atoms with Gasteiger partial charge in [0, 0.05) is 37.1 Å². The monoisotopic (exact) mass is 250 g/mol. The van der Waals surface area contributed by atoms with Crippen LogP contribution in [0.5, 0.6) is 0 Å². The topological polar surface area (TPSA) is 52.8 Å². The summed E-state index contributed by atoms with van der Waals surface area (Å²) < 4.78 is 0. The lowest BCUT2D eigenvalue weighted by Gasteiger charge is -2.17. The average Bonchev–Trinajstić information content (AvgIpc) is 2.98. The van der Waals surface area contributed by atoms with Crippen LogP contribution in [0.2, 0.25) is 0 Å². The second-order valence-electron chi connectivity index (χ2n) is 4.70. The molecule has 0 N–H and O–H groups in total. The first-order valence-electron chi connectivity index (χ1n) is 6.39. The van der Waals surface area contributed by atoms with Gasteiger partial charge in [0.2, 0.25) is 0 Å². The molecule has 0 aliphatic carbocycles. The molecule has 1 atom stereocenters. The van der Waals surface area contributed by atoms with E-state index in [1.165, 1.54) is 0 Å². The number of aromatic nitrogens is 2. The fraction of sp³-hybridized carbons (Fsp3) is 0.267. The van der Waals surface area contributed by atoms with Gasteiger partial charge in [-0.3, -0.25) is 4.98 Å². The van der Waals surface area contributed by atoms with Crippen LogP contribution in [0.4, 0.5) is 5.82 Å². The van der Waals surface area contributed by atoms with Gasteiger partial charge in [-0.25, -0.2) is 4.98 Å². The summed E-state index contributed by atoms with van der Waals surface area (Å²) in [5.74, 6) is 1.41. The van der Waals surface area contributed by atoms with Crippen molar-refractivity contribution in [1.29, 1.82) is 5.26 Å². The van der Waals surface area contributed by atoms with Gasteiger partial charge in [0.05, 0.1) is 5.56 Å². The highest BCUT2D eigenvalue weighted by molar-refractivity contribution is 5.43. The smallest absolute Gasteiger partial charge is 0.128 e. The van der Waals surface area contributed by atoms with Gasteiger partial charge >= 0.3 is 0 Å². The van der Waals surface area contributed by atoms with Crippen LogP contribution >= 0.6 is 0 Å². The van der Waals surface area contributed by atoms with Gasteiger partial charge in [-0.1, -0.05) is 6.07 Å². The normalized spacial score (nSPS) is 18.3. The number of hydrogen-bond donors (Lipinski definition) is 0. The molecule has 19 heavy (non-hydrogen) atoms. The van der Waals surface area contributed by atoms with Crippen molar-refractivity contribution in [2.24, 2.45) is 0 Å². The van der Waals surface area contributed by atoms with Gasteiger partial charge in [0.1, 0.15) is 11.9 Å².